The van der Waals surface area contributed by atoms with Gasteiger partial charge in [0.15, 0.2) is 18.9 Å². The molecule has 0 spiro atoms. The van der Waals surface area contributed by atoms with E-state index < -0.39 is 135 Å². The number of hydrogen-bond donors (Lipinski definition) is 12. The number of allylic oxidation sites excluding steroid dienone is 2. The summed E-state index contributed by atoms with van der Waals surface area (Å²) in [6.07, 6.45) is -15.9. The Hall–Kier alpha value is -0.980. The van der Waals surface area contributed by atoms with Crippen molar-refractivity contribution in [2.75, 3.05) is 19.8 Å². The Morgan fingerprint density at radius 3 is 1.74 bits per heavy atom. The molecule has 3 heterocycles. The molecule has 18 heteroatoms. The lowest BCUT2D eigenvalue weighted by molar-refractivity contribution is -0.378. The van der Waals surface area contributed by atoms with Crippen LogP contribution in [0.3, 0.4) is 0 Å². The predicted octanol–water partition coefficient (Wildman–Crippen LogP) is -0.171. The van der Waals surface area contributed by atoms with E-state index >= 15 is 0 Å². The summed E-state index contributed by atoms with van der Waals surface area (Å²) >= 11 is 0. The summed E-state index contributed by atoms with van der Waals surface area (Å²) in [6.45, 7) is 15.2. The van der Waals surface area contributed by atoms with Crippen molar-refractivity contribution >= 4 is 0 Å². The van der Waals surface area contributed by atoms with Gasteiger partial charge < -0.3 is 89.7 Å². The Kier molecular flexibility index (Phi) is 15.9. The molecule has 26 atom stereocenters. The maximum Gasteiger partial charge on any atom is 0.187 e. The van der Waals surface area contributed by atoms with E-state index in [0.29, 0.717) is 19.3 Å². The van der Waals surface area contributed by atoms with Crippen molar-refractivity contribution in [2.45, 2.75) is 217 Å². The van der Waals surface area contributed by atoms with Gasteiger partial charge in [0, 0.05) is 0 Å². The maximum absolute atomic E-state index is 12.6. The molecular formula is C48H82O18. The first-order chi connectivity index (χ1) is 30.9. The molecule has 0 aromatic carbocycles. The van der Waals surface area contributed by atoms with Crippen LogP contribution in [0.2, 0.25) is 0 Å². The van der Waals surface area contributed by atoms with Crippen molar-refractivity contribution in [1.82, 2.24) is 0 Å². The van der Waals surface area contributed by atoms with Gasteiger partial charge in [0.05, 0.1) is 37.6 Å². The molecule has 0 radical (unpaired) electrons. The van der Waals surface area contributed by atoms with Crippen molar-refractivity contribution in [1.29, 1.82) is 0 Å². The molecule has 66 heavy (non-hydrogen) atoms. The van der Waals surface area contributed by atoms with E-state index in [1.807, 2.05) is 20.8 Å². The summed E-state index contributed by atoms with van der Waals surface area (Å²) in [5, 5.41) is 129. The fourth-order valence-corrected chi connectivity index (χ4v) is 15.0. The van der Waals surface area contributed by atoms with Crippen LogP contribution in [0, 0.1) is 51.8 Å². The summed E-state index contributed by atoms with van der Waals surface area (Å²) in [4.78, 5) is 0. The Bertz CT molecular complexity index is 1660. The second kappa shape index (κ2) is 19.9. The van der Waals surface area contributed by atoms with Gasteiger partial charge in [-0.15, -0.1) is 0 Å². The summed E-state index contributed by atoms with van der Waals surface area (Å²) in [5.74, 6) is 0.253. The van der Waals surface area contributed by atoms with Crippen LogP contribution >= 0.6 is 0 Å². The Labute approximate surface area is 388 Å². The van der Waals surface area contributed by atoms with Gasteiger partial charge in [-0.2, -0.15) is 0 Å². The lowest BCUT2D eigenvalue weighted by Crippen LogP contribution is -2.66. The van der Waals surface area contributed by atoms with Crippen LogP contribution in [0.25, 0.3) is 0 Å². The quantitative estimate of drug-likeness (QED) is 0.0843. The summed E-state index contributed by atoms with van der Waals surface area (Å²) in [6, 6.07) is 0. The third kappa shape index (κ3) is 9.23. The molecule has 7 aliphatic rings. The molecule has 0 aromatic rings. The monoisotopic (exact) mass is 947 g/mol. The molecule has 0 aromatic heterocycles. The molecule has 4 aliphatic carbocycles. The molecule has 382 valence electrons. The maximum atomic E-state index is 12.6. The zero-order valence-corrected chi connectivity index (χ0v) is 40.0. The smallest absolute Gasteiger partial charge is 0.187 e. The van der Waals surface area contributed by atoms with Gasteiger partial charge in [0.25, 0.3) is 0 Å². The zero-order valence-electron chi connectivity index (χ0n) is 40.0. The lowest BCUT2D eigenvalue weighted by Gasteiger charge is -2.66. The van der Waals surface area contributed by atoms with E-state index in [2.05, 4.69) is 40.7 Å². The van der Waals surface area contributed by atoms with Crippen molar-refractivity contribution in [2.24, 2.45) is 51.8 Å². The minimum Gasteiger partial charge on any atom is -0.394 e. The predicted molar refractivity (Wildman–Crippen MR) is 234 cm³/mol. The highest BCUT2D eigenvalue weighted by molar-refractivity contribution is 5.17. The van der Waals surface area contributed by atoms with Gasteiger partial charge in [0.2, 0.25) is 0 Å². The third-order valence-corrected chi connectivity index (χ3v) is 18.1. The SMILES string of the molecule is CC(C)=CC(C)CC(C)(OC1OC(CO)C(O)C(O)C1O)C1CCC2(C)C3CCC4C(C)(C)C(OC5OC(CO)C(O)C(O)C5OC5OC(CO)C(O)C(O)C5O)CCC4(C)C3CC(O)C12. The molecule has 7 rings (SSSR count). The second-order valence-corrected chi connectivity index (χ2v) is 22.9. The molecule has 12 N–H and O–H groups in total. The normalized spacial score (nSPS) is 51.8. The molecular weight excluding hydrogens is 865 g/mol. The average Bonchev–Trinajstić information content (AvgIpc) is 3.64. The molecule has 26 unspecified atom stereocenters. The van der Waals surface area contributed by atoms with E-state index in [-0.39, 0.29) is 46.3 Å². The Balaban J connectivity index is 1.12. The van der Waals surface area contributed by atoms with Gasteiger partial charge in [0.1, 0.15) is 73.2 Å². The number of aliphatic hydroxyl groups is 12. The largest absolute Gasteiger partial charge is 0.394 e. The van der Waals surface area contributed by atoms with Crippen molar-refractivity contribution < 1.29 is 89.7 Å². The van der Waals surface area contributed by atoms with Gasteiger partial charge in [-0.3, -0.25) is 0 Å². The number of aliphatic hydroxyl groups excluding tert-OH is 12. The standard InChI is InChI=1S/C48H82O18/c1-21(2)15-22(3)17-48(8,66-43-40(60)37(57)34(54)28(19-50)62-43)24-11-13-47(7)23-9-10-30-45(4,5)31(12-14-46(30,6)25(23)16-26(52)32(24)47)64-44-41(38(58)35(55)29(20-51)63-44)65-42-39(59)36(56)33(53)27(18-49)61-42/h15,22-44,49-60H,9-14,16-20H2,1-8H3. The first-order valence-corrected chi connectivity index (χ1v) is 24.4. The van der Waals surface area contributed by atoms with Gasteiger partial charge in [-0.25, -0.2) is 0 Å². The van der Waals surface area contributed by atoms with E-state index in [1.165, 1.54) is 0 Å². The van der Waals surface area contributed by atoms with Crippen LogP contribution in [0.5, 0.6) is 0 Å². The minimum atomic E-state index is -1.79. The topological polar surface area (TPSA) is 298 Å². The minimum absolute atomic E-state index is 0.0515. The highest BCUT2D eigenvalue weighted by Crippen LogP contribution is 2.71. The number of rotatable bonds is 13. The fraction of sp³-hybridized carbons (Fsp3) is 0.958. The average molecular weight is 947 g/mol. The molecule has 0 bridgehead atoms. The van der Waals surface area contributed by atoms with Gasteiger partial charge in [-0.1, -0.05) is 46.3 Å². The molecule has 7 fully saturated rings. The first kappa shape index (κ1) is 52.8. The van der Waals surface area contributed by atoms with Gasteiger partial charge >= 0.3 is 0 Å². The molecule has 3 aliphatic heterocycles. The first-order valence-electron chi connectivity index (χ1n) is 24.4. The van der Waals surface area contributed by atoms with Crippen LogP contribution in [0.1, 0.15) is 107 Å². The summed E-state index contributed by atoms with van der Waals surface area (Å²) < 4.78 is 37.2. The van der Waals surface area contributed by atoms with Crippen LogP contribution in [-0.2, 0) is 28.4 Å². The van der Waals surface area contributed by atoms with E-state index in [1.54, 1.807) is 0 Å². The van der Waals surface area contributed by atoms with Crippen molar-refractivity contribution in [3.05, 3.63) is 11.6 Å². The molecule has 0 amide bonds. The van der Waals surface area contributed by atoms with E-state index in [9.17, 15) is 61.3 Å². The van der Waals surface area contributed by atoms with Crippen molar-refractivity contribution in [3.8, 4) is 0 Å². The van der Waals surface area contributed by atoms with Crippen LogP contribution < -0.4 is 0 Å². The molecule has 18 nitrogen and oxygen atoms in total. The number of fused-ring (bicyclic) bond motifs is 5. The highest BCUT2D eigenvalue weighted by Gasteiger charge is 2.68. The number of hydrogen-bond acceptors (Lipinski definition) is 18. The Morgan fingerprint density at radius 2 is 1.17 bits per heavy atom. The molecule has 3 saturated heterocycles. The van der Waals surface area contributed by atoms with Crippen LogP contribution in [0.4, 0.5) is 0 Å². The summed E-state index contributed by atoms with van der Waals surface area (Å²) in [5.41, 5.74) is -0.820. The highest BCUT2D eigenvalue weighted by atomic mass is 16.8. The fourth-order valence-electron chi connectivity index (χ4n) is 15.0. The van der Waals surface area contributed by atoms with Gasteiger partial charge in [-0.05, 0) is 124 Å². The van der Waals surface area contributed by atoms with Crippen LogP contribution in [-0.4, -0.2) is 191 Å². The van der Waals surface area contributed by atoms with E-state index in [4.69, 9.17) is 28.4 Å². The van der Waals surface area contributed by atoms with E-state index in [0.717, 1.165) is 37.7 Å². The third-order valence-electron chi connectivity index (χ3n) is 18.1. The Morgan fingerprint density at radius 1 is 0.636 bits per heavy atom. The summed E-state index contributed by atoms with van der Waals surface area (Å²) in [7, 11) is 0. The van der Waals surface area contributed by atoms with Crippen molar-refractivity contribution in [3.63, 3.8) is 0 Å². The zero-order chi connectivity index (χ0) is 48.6. The lowest BCUT2D eigenvalue weighted by atomic mass is 9.39. The number of ether oxygens (including phenoxy) is 6. The second-order valence-electron chi connectivity index (χ2n) is 22.9. The van der Waals surface area contributed by atoms with Crippen LogP contribution in [0.15, 0.2) is 11.6 Å². The molecule has 4 saturated carbocycles.